The lowest BCUT2D eigenvalue weighted by Crippen LogP contribution is -2.40. The van der Waals surface area contributed by atoms with Crippen LogP contribution < -0.4 is 10.1 Å². The predicted molar refractivity (Wildman–Crippen MR) is 80.4 cm³/mol. The van der Waals surface area contributed by atoms with E-state index in [0.29, 0.717) is 5.75 Å². The second-order valence-corrected chi connectivity index (χ2v) is 4.90. The SMILES string of the molecule is C=CCC(NC(=O)CCOc1cc(C)cc(C)c1)C(=O)O. The molecule has 1 atom stereocenters. The predicted octanol–water partition coefficient (Wildman–Crippen LogP) is 2.22. The van der Waals surface area contributed by atoms with Crippen molar-refractivity contribution in [1.29, 1.82) is 0 Å². The Hall–Kier alpha value is -2.30. The number of carboxylic acid groups (broad SMARTS) is 1. The molecule has 1 aromatic rings. The number of nitrogens with one attached hydrogen (secondary N) is 1. The summed E-state index contributed by atoms with van der Waals surface area (Å²) in [5.74, 6) is -0.715. The zero-order chi connectivity index (χ0) is 15.8. The highest BCUT2D eigenvalue weighted by Gasteiger charge is 2.17. The topological polar surface area (TPSA) is 75.6 Å². The molecule has 0 aliphatic heterocycles. The van der Waals surface area contributed by atoms with Crippen LogP contribution in [0.4, 0.5) is 0 Å². The highest BCUT2D eigenvalue weighted by atomic mass is 16.5. The number of benzene rings is 1. The van der Waals surface area contributed by atoms with Crippen LogP contribution in [-0.4, -0.2) is 29.6 Å². The van der Waals surface area contributed by atoms with Crippen LogP contribution in [0.25, 0.3) is 0 Å². The van der Waals surface area contributed by atoms with Gasteiger partial charge in [-0.15, -0.1) is 6.58 Å². The molecule has 5 nitrogen and oxygen atoms in total. The van der Waals surface area contributed by atoms with Gasteiger partial charge in [0, 0.05) is 0 Å². The van der Waals surface area contributed by atoms with Crippen molar-refractivity contribution in [2.45, 2.75) is 32.7 Å². The molecule has 5 heteroatoms. The van der Waals surface area contributed by atoms with E-state index in [1.54, 1.807) is 0 Å². The van der Waals surface area contributed by atoms with Crippen molar-refractivity contribution in [2.75, 3.05) is 6.61 Å². The van der Waals surface area contributed by atoms with Gasteiger partial charge in [-0.3, -0.25) is 4.79 Å². The van der Waals surface area contributed by atoms with Crippen LogP contribution in [0.1, 0.15) is 24.0 Å². The molecule has 0 heterocycles. The van der Waals surface area contributed by atoms with Crippen LogP contribution in [0.2, 0.25) is 0 Å². The standard InChI is InChI=1S/C16H21NO4/c1-4-5-14(16(19)20)17-15(18)6-7-21-13-9-11(2)8-12(3)10-13/h4,8-10,14H,1,5-7H2,2-3H3,(H,17,18)(H,19,20). The van der Waals surface area contributed by atoms with Crippen molar-refractivity contribution < 1.29 is 19.4 Å². The number of carbonyl (C=O) groups is 2. The lowest BCUT2D eigenvalue weighted by molar-refractivity contribution is -0.141. The van der Waals surface area contributed by atoms with E-state index in [-0.39, 0.29) is 25.4 Å². The van der Waals surface area contributed by atoms with Crippen molar-refractivity contribution in [2.24, 2.45) is 0 Å². The minimum atomic E-state index is -1.07. The third-order valence-electron chi connectivity index (χ3n) is 2.83. The Morgan fingerprint density at radius 3 is 2.48 bits per heavy atom. The number of amides is 1. The first-order chi connectivity index (χ1) is 9.92. The quantitative estimate of drug-likeness (QED) is 0.720. The van der Waals surface area contributed by atoms with Crippen LogP contribution >= 0.6 is 0 Å². The Balaban J connectivity index is 2.42. The van der Waals surface area contributed by atoms with Gasteiger partial charge in [0.1, 0.15) is 11.8 Å². The molecule has 0 aliphatic rings. The number of aryl methyl sites for hydroxylation is 2. The average Bonchev–Trinajstić information content (AvgIpc) is 2.36. The first-order valence-corrected chi connectivity index (χ1v) is 6.76. The Morgan fingerprint density at radius 2 is 1.95 bits per heavy atom. The van der Waals surface area contributed by atoms with Gasteiger partial charge < -0.3 is 15.2 Å². The highest BCUT2D eigenvalue weighted by Crippen LogP contribution is 2.16. The van der Waals surface area contributed by atoms with Crippen molar-refractivity contribution in [3.05, 3.63) is 42.0 Å². The third kappa shape index (κ3) is 6.12. The Kier molecular flexibility index (Phi) is 6.46. The smallest absolute Gasteiger partial charge is 0.326 e. The number of carboxylic acids is 1. The van der Waals surface area contributed by atoms with Gasteiger partial charge >= 0.3 is 5.97 Å². The van der Waals surface area contributed by atoms with Crippen LogP contribution in [0.5, 0.6) is 5.75 Å². The Bertz CT molecular complexity index is 505. The van der Waals surface area contributed by atoms with E-state index in [2.05, 4.69) is 11.9 Å². The summed E-state index contributed by atoms with van der Waals surface area (Å²) in [7, 11) is 0. The van der Waals surface area contributed by atoms with Gasteiger partial charge in [0.05, 0.1) is 13.0 Å². The third-order valence-corrected chi connectivity index (χ3v) is 2.83. The van der Waals surface area contributed by atoms with Gasteiger partial charge in [-0.2, -0.15) is 0 Å². The molecule has 0 aliphatic carbocycles. The summed E-state index contributed by atoms with van der Waals surface area (Å²) in [6.45, 7) is 7.62. The summed E-state index contributed by atoms with van der Waals surface area (Å²) in [6.07, 6.45) is 1.76. The largest absolute Gasteiger partial charge is 0.493 e. The summed E-state index contributed by atoms with van der Waals surface area (Å²) in [5.41, 5.74) is 2.18. The normalized spacial score (nSPS) is 11.5. The van der Waals surface area contributed by atoms with E-state index in [0.717, 1.165) is 11.1 Å². The molecular formula is C16H21NO4. The van der Waals surface area contributed by atoms with Gasteiger partial charge in [-0.05, 0) is 43.5 Å². The van der Waals surface area contributed by atoms with Crippen LogP contribution in [0.3, 0.4) is 0 Å². The number of hydrogen-bond acceptors (Lipinski definition) is 3. The maximum absolute atomic E-state index is 11.7. The zero-order valence-corrected chi connectivity index (χ0v) is 12.4. The summed E-state index contributed by atoms with van der Waals surface area (Å²) < 4.78 is 5.51. The molecule has 0 saturated carbocycles. The molecule has 2 N–H and O–H groups in total. The van der Waals surface area contributed by atoms with Gasteiger partial charge in [0.2, 0.25) is 5.91 Å². The van der Waals surface area contributed by atoms with E-state index in [4.69, 9.17) is 9.84 Å². The first-order valence-electron chi connectivity index (χ1n) is 6.76. The lowest BCUT2D eigenvalue weighted by Gasteiger charge is -2.13. The van der Waals surface area contributed by atoms with Crippen molar-refractivity contribution in [3.8, 4) is 5.75 Å². The second kappa shape index (κ2) is 8.09. The Morgan fingerprint density at radius 1 is 1.33 bits per heavy atom. The molecule has 21 heavy (non-hydrogen) atoms. The van der Waals surface area contributed by atoms with Crippen LogP contribution in [0, 0.1) is 13.8 Å². The summed E-state index contributed by atoms with van der Waals surface area (Å²) in [4.78, 5) is 22.6. The number of rotatable bonds is 8. The van der Waals surface area contributed by atoms with Crippen LogP contribution in [-0.2, 0) is 9.59 Å². The fraction of sp³-hybridized carbons (Fsp3) is 0.375. The minimum absolute atomic E-state index is 0.105. The van der Waals surface area contributed by atoms with E-state index < -0.39 is 12.0 Å². The molecule has 0 fully saturated rings. The fourth-order valence-electron chi connectivity index (χ4n) is 1.93. The van der Waals surface area contributed by atoms with E-state index in [1.807, 2.05) is 32.0 Å². The molecule has 0 spiro atoms. The maximum atomic E-state index is 11.7. The Labute approximate surface area is 124 Å². The second-order valence-electron chi connectivity index (χ2n) is 4.90. The molecule has 1 rings (SSSR count). The molecule has 1 aromatic carbocycles. The molecule has 0 aromatic heterocycles. The highest BCUT2D eigenvalue weighted by molar-refractivity contribution is 5.83. The molecule has 1 unspecified atom stereocenters. The molecule has 1 amide bonds. The zero-order valence-electron chi connectivity index (χ0n) is 12.4. The molecular weight excluding hydrogens is 270 g/mol. The lowest BCUT2D eigenvalue weighted by atomic mass is 10.1. The average molecular weight is 291 g/mol. The van der Waals surface area contributed by atoms with E-state index >= 15 is 0 Å². The van der Waals surface area contributed by atoms with Gasteiger partial charge in [-0.25, -0.2) is 4.79 Å². The molecule has 114 valence electrons. The van der Waals surface area contributed by atoms with E-state index in [9.17, 15) is 9.59 Å². The monoisotopic (exact) mass is 291 g/mol. The van der Waals surface area contributed by atoms with Gasteiger partial charge in [0.25, 0.3) is 0 Å². The fourth-order valence-corrected chi connectivity index (χ4v) is 1.93. The minimum Gasteiger partial charge on any atom is -0.493 e. The van der Waals surface area contributed by atoms with Crippen LogP contribution in [0.15, 0.2) is 30.9 Å². The number of carbonyl (C=O) groups excluding carboxylic acids is 1. The number of aliphatic carboxylic acids is 1. The van der Waals surface area contributed by atoms with Gasteiger partial charge in [-0.1, -0.05) is 12.1 Å². The first kappa shape index (κ1) is 16.8. The summed E-state index contributed by atoms with van der Waals surface area (Å²) in [6, 6.07) is 4.88. The molecule has 0 saturated heterocycles. The van der Waals surface area contributed by atoms with Crippen molar-refractivity contribution >= 4 is 11.9 Å². The summed E-state index contributed by atoms with van der Waals surface area (Å²) in [5, 5.41) is 11.4. The van der Waals surface area contributed by atoms with Crippen molar-refractivity contribution in [1.82, 2.24) is 5.32 Å². The number of ether oxygens (including phenoxy) is 1. The maximum Gasteiger partial charge on any atom is 0.326 e. The number of hydrogen-bond donors (Lipinski definition) is 2. The molecule has 0 bridgehead atoms. The van der Waals surface area contributed by atoms with E-state index in [1.165, 1.54) is 6.08 Å². The van der Waals surface area contributed by atoms with Gasteiger partial charge in [0.15, 0.2) is 0 Å². The van der Waals surface area contributed by atoms with Crippen molar-refractivity contribution in [3.63, 3.8) is 0 Å². The summed E-state index contributed by atoms with van der Waals surface area (Å²) >= 11 is 0. The molecule has 0 radical (unpaired) electrons.